The first-order valence-electron chi connectivity index (χ1n) is 8.49. The Hall–Kier alpha value is -1.62. The van der Waals surface area contributed by atoms with Crippen molar-refractivity contribution >= 4 is 5.91 Å². The zero-order valence-electron chi connectivity index (χ0n) is 13.5. The Morgan fingerprint density at radius 2 is 2.00 bits per heavy atom. The molecule has 1 unspecified atom stereocenters. The summed E-state index contributed by atoms with van der Waals surface area (Å²) in [6, 6.07) is 2.93. The standard InChI is InChI=1S/C18H24FNO3/c1-2-14(21)12-5-3-11(4-6-12)9-20-10-13-7-8-15(22)17(19)16(13)18(20)23/h7-8,11-12,14,21-22H,2-6,9-10H2,1H3. The van der Waals surface area contributed by atoms with Gasteiger partial charge in [-0.3, -0.25) is 4.79 Å². The summed E-state index contributed by atoms with van der Waals surface area (Å²) in [7, 11) is 0. The Morgan fingerprint density at radius 1 is 1.30 bits per heavy atom. The number of phenols is 1. The monoisotopic (exact) mass is 321 g/mol. The van der Waals surface area contributed by atoms with Crippen molar-refractivity contribution in [2.75, 3.05) is 6.54 Å². The van der Waals surface area contributed by atoms with E-state index in [2.05, 4.69) is 0 Å². The molecule has 0 bridgehead atoms. The summed E-state index contributed by atoms with van der Waals surface area (Å²) in [5.41, 5.74) is 0.681. The number of rotatable bonds is 4. The van der Waals surface area contributed by atoms with Gasteiger partial charge in [0.2, 0.25) is 0 Å². The van der Waals surface area contributed by atoms with E-state index < -0.39 is 11.6 Å². The SMILES string of the molecule is CCC(O)C1CCC(CN2Cc3ccc(O)c(F)c3C2=O)CC1. The van der Waals surface area contributed by atoms with Crippen molar-refractivity contribution in [2.45, 2.75) is 51.7 Å². The third-order valence-electron chi connectivity index (χ3n) is 5.40. The van der Waals surface area contributed by atoms with Crippen LogP contribution in [0.25, 0.3) is 0 Å². The molecule has 1 aromatic carbocycles. The Bertz CT molecular complexity index is 596. The predicted octanol–water partition coefficient (Wildman–Crippen LogP) is 3.06. The van der Waals surface area contributed by atoms with Gasteiger partial charge in [0.15, 0.2) is 11.6 Å². The van der Waals surface area contributed by atoms with Crippen LogP contribution in [-0.4, -0.2) is 33.7 Å². The van der Waals surface area contributed by atoms with E-state index in [9.17, 15) is 19.4 Å². The molecular weight excluding hydrogens is 297 g/mol. The molecule has 1 heterocycles. The Kier molecular flexibility index (Phi) is 4.57. The minimum Gasteiger partial charge on any atom is -0.505 e. The fraction of sp³-hybridized carbons (Fsp3) is 0.611. The number of nitrogens with zero attached hydrogens (tertiary/aromatic N) is 1. The van der Waals surface area contributed by atoms with Crippen molar-refractivity contribution in [3.8, 4) is 5.75 Å². The number of fused-ring (bicyclic) bond motifs is 1. The predicted molar refractivity (Wildman–Crippen MR) is 84.6 cm³/mol. The molecule has 0 aromatic heterocycles. The molecule has 2 N–H and O–H groups in total. The topological polar surface area (TPSA) is 60.8 Å². The number of phenolic OH excluding ortho intramolecular Hbond substituents is 1. The van der Waals surface area contributed by atoms with Gasteiger partial charge in [-0.25, -0.2) is 4.39 Å². The number of hydrogen-bond donors (Lipinski definition) is 2. The number of benzene rings is 1. The van der Waals surface area contributed by atoms with Crippen LogP contribution < -0.4 is 0 Å². The summed E-state index contributed by atoms with van der Waals surface area (Å²) in [4.78, 5) is 14.1. The third kappa shape index (κ3) is 3.07. The van der Waals surface area contributed by atoms with E-state index in [-0.39, 0.29) is 17.6 Å². The van der Waals surface area contributed by atoms with Crippen LogP contribution in [0.4, 0.5) is 4.39 Å². The highest BCUT2D eigenvalue weighted by Crippen LogP contribution is 2.35. The summed E-state index contributed by atoms with van der Waals surface area (Å²) >= 11 is 0. The first kappa shape index (κ1) is 16.2. The molecule has 1 atom stereocenters. The molecule has 4 nitrogen and oxygen atoms in total. The van der Waals surface area contributed by atoms with Crippen molar-refractivity contribution < 1.29 is 19.4 Å². The quantitative estimate of drug-likeness (QED) is 0.896. The van der Waals surface area contributed by atoms with Crippen LogP contribution in [0.1, 0.15) is 54.9 Å². The smallest absolute Gasteiger partial charge is 0.257 e. The second kappa shape index (κ2) is 6.48. The number of amides is 1. The molecule has 2 aliphatic rings. The Morgan fingerprint density at radius 3 is 2.65 bits per heavy atom. The Balaban J connectivity index is 1.61. The van der Waals surface area contributed by atoms with Crippen LogP contribution in [0.15, 0.2) is 12.1 Å². The largest absolute Gasteiger partial charge is 0.505 e. The van der Waals surface area contributed by atoms with Crippen LogP contribution in [0.3, 0.4) is 0 Å². The van der Waals surface area contributed by atoms with E-state index in [0.29, 0.717) is 30.5 Å². The third-order valence-corrected chi connectivity index (χ3v) is 5.40. The van der Waals surface area contributed by atoms with Gasteiger partial charge in [-0.15, -0.1) is 0 Å². The number of aromatic hydroxyl groups is 1. The van der Waals surface area contributed by atoms with Gasteiger partial charge in [-0.05, 0) is 55.6 Å². The fourth-order valence-corrected chi connectivity index (χ4v) is 3.95. The van der Waals surface area contributed by atoms with E-state index >= 15 is 0 Å². The Labute approximate surface area is 135 Å². The number of hydrogen-bond acceptors (Lipinski definition) is 3. The van der Waals surface area contributed by atoms with Crippen LogP contribution in [0, 0.1) is 17.7 Å². The second-order valence-electron chi connectivity index (χ2n) is 6.87. The molecule has 5 heteroatoms. The molecule has 0 spiro atoms. The molecule has 1 aromatic rings. The average Bonchev–Trinajstić information content (AvgIpc) is 2.88. The van der Waals surface area contributed by atoms with Gasteiger partial charge in [0, 0.05) is 13.1 Å². The molecule has 1 fully saturated rings. The number of aliphatic hydroxyl groups excluding tert-OH is 1. The lowest BCUT2D eigenvalue weighted by Crippen LogP contribution is -2.33. The van der Waals surface area contributed by atoms with Gasteiger partial charge < -0.3 is 15.1 Å². The normalized spacial score (nSPS) is 25.5. The summed E-state index contributed by atoms with van der Waals surface area (Å²) in [5.74, 6) is -0.802. The minimum atomic E-state index is -0.801. The number of carbonyl (C=O) groups excluding carboxylic acids is 1. The molecule has 23 heavy (non-hydrogen) atoms. The van der Waals surface area contributed by atoms with Crippen LogP contribution in [0.2, 0.25) is 0 Å². The fourth-order valence-electron chi connectivity index (χ4n) is 3.95. The second-order valence-corrected chi connectivity index (χ2v) is 6.87. The molecule has 1 saturated carbocycles. The van der Waals surface area contributed by atoms with Crippen molar-refractivity contribution in [3.63, 3.8) is 0 Å². The lowest BCUT2D eigenvalue weighted by Gasteiger charge is -2.33. The number of aliphatic hydroxyl groups is 1. The van der Waals surface area contributed by atoms with E-state index in [1.54, 1.807) is 11.0 Å². The maximum Gasteiger partial charge on any atom is 0.257 e. The van der Waals surface area contributed by atoms with E-state index in [0.717, 1.165) is 32.1 Å². The lowest BCUT2D eigenvalue weighted by molar-refractivity contribution is 0.0575. The summed E-state index contributed by atoms with van der Waals surface area (Å²) in [5, 5.41) is 19.4. The molecular formula is C18H24FNO3. The van der Waals surface area contributed by atoms with Crippen molar-refractivity contribution in [3.05, 3.63) is 29.1 Å². The highest BCUT2D eigenvalue weighted by molar-refractivity contribution is 5.99. The summed E-state index contributed by atoms with van der Waals surface area (Å²) in [6.07, 6.45) is 4.54. The van der Waals surface area contributed by atoms with E-state index in [4.69, 9.17) is 0 Å². The lowest BCUT2D eigenvalue weighted by atomic mass is 9.78. The zero-order valence-corrected chi connectivity index (χ0v) is 13.5. The van der Waals surface area contributed by atoms with E-state index in [1.807, 2.05) is 6.92 Å². The zero-order chi connectivity index (χ0) is 16.6. The maximum atomic E-state index is 14.0. The van der Waals surface area contributed by atoms with Crippen molar-refractivity contribution in [2.24, 2.45) is 11.8 Å². The van der Waals surface area contributed by atoms with Gasteiger partial charge in [-0.2, -0.15) is 0 Å². The van der Waals surface area contributed by atoms with Gasteiger partial charge in [0.05, 0.1) is 11.7 Å². The van der Waals surface area contributed by atoms with Gasteiger partial charge in [0.25, 0.3) is 5.91 Å². The molecule has 126 valence electrons. The van der Waals surface area contributed by atoms with Crippen LogP contribution in [-0.2, 0) is 6.54 Å². The molecule has 0 radical (unpaired) electrons. The van der Waals surface area contributed by atoms with Gasteiger partial charge in [-0.1, -0.05) is 13.0 Å². The molecule has 1 aliphatic carbocycles. The van der Waals surface area contributed by atoms with E-state index in [1.165, 1.54) is 6.07 Å². The van der Waals surface area contributed by atoms with Crippen molar-refractivity contribution in [1.29, 1.82) is 0 Å². The van der Waals surface area contributed by atoms with Crippen molar-refractivity contribution in [1.82, 2.24) is 4.90 Å². The average molecular weight is 321 g/mol. The summed E-state index contributed by atoms with van der Waals surface area (Å²) in [6.45, 7) is 3.05. The maximum absolute atomic E-state index is 14.0. The molecule has 0 saturated heterocycles. The highest BCUT2D eigenvalue weighted by atomic mass is 19.1. The first-order valence-corrected chi connectivity index (χ1v) is 8.49. The summed E-state index contributed by atoms with van der Waals surface area (Å²) < 4.78 is 14.0. The van der Waals surface area contributed by atoms with Crippen LogP contribution in [0.5, 0.6) is 5.75 Å². The van der Waals surface area contributed by atoms with Gasteiger partial charge in [0.1, 0.15) is 0 Å². The highest BCUT2D eigenvalue weighted by Gasteiger charge is 2.34. The van der Waals surface area contributed by atoms with Gasteiger partial charge >= 0.3 is 0 Å². The molecule has 1 aliphatic heterocycles. The first-order chi connectivity index (χ1) is 11.0. The van der Waals surface area contributed by atoms with Crippen LogP contribution >= 0.6 is 0 Å². The molecule has 1 amide bonds. The number of carbonyl (C=O) groups is 1. The minimum absolute atomic E-state index is 0.0279. The number of halogens is 1. The molecule has 3 rings (SSSR count).